The fourth-order valence-electron chi connectivity index (χ4n) is 7.96. The highest BCUT2D eigenvalue weighted by molar-refractivity contribution is 6.26. The second-order valence-corrected chi connectivity index (χ2v) is 12.7. The standard InChI is InChI=1S/C47H29N/c1-4-17-34-30(12-1)15-9-22-37(34)45-39-20-7-8-21-40(39)46(38-23-10-16-31-13-2-5-18-35(31)38)44-29-33(25-26-41(44)45)43-28-32-14-3-6-19-36(32)47-42(43)24-11-27-48-47/h1-29H. The number of benzene rings is 9. The van der Waals surface area contributed by atoms with Crippen LogP contribution in [0.3, 0.4) is 0 Å². The van der Waals surface area contributed by atoms with E-state index < -0.39 is 0 Å². The zero-order chi connectivity index (χ0) is 31.6. The lowest BCUT2D eigenvalue weighted by Gasteiger charge is -2.21. The van der Waals surface area contributed by atoms with Gasteiger partial charge in [0, 0.05) is 17.0 Å². The highest BCUT2D eigenvalue weighted by Gasteiger charge is 2.20. The van der Waals surface area contributed by atoms with Crippen LogP contribution < -0.4 is 0 Å². The van der Waals surface area contributed by atoms with E-state index in [2.05, 4.69) is 170 Å². The van der Waals surface area contributed by atoms with Gasteiger partial charge in [0.25, 0.3) is 0 Å². The minimum atomic E-state index is 1.04. The van der Waals surface area contributed by atoms with Gasteiger partial charge in [-0.1, -0.05) is 152 Å². The quantitative estimate of drug-likeness (QED) is 0.144. The molecule has 1 aromatic heterocycles. The summed E-state index contributed by atoms with van der Waals surface area (Å²) in [5.74, 6) is 0. The summed E-state index contributed by atoms with van der Waals surface area (Å²) in [6, 6.07) is 62.2. The van der Waals surface area contributed by atoms with E-state index >= 15 is 0 Å². The van der Waals surface area contributed by atoms with Crippen LogP contribution in [0.4, 0.5) is 0 Å². The Labute approximate surface area is 278 Å². The predicted octanol–water partition coefficient (Wildman–Crippen LogP) is 13.0. The van der Waals surface area contributed by atoms with E-state index in [-0.39, 0.29) is 0 Å². The third-order valence-corrected chi connectivity index (χ3v) is 10.1. The van der Waals surface area contributed by atoms with Crippen LogP contribution in [0.15, 0.2) is 176 Å². The molecule has 1 nitrogen and oxygen atoms in total. The second-order valence-electron chi connectivity index (χ2n) is 12.7. The van der Waals surface area contributed by atoms with Gasteiger partial charge in [-0.25, -0.2) is 0 Å². The van der Waals surface area contributed by atoms with Crippen molar-refractivity contribution in [1.82, 2.24) is 4.98 Å². The first-order valence-corrected chi connectivity index (χ1v) is 16.5. The molecule has 0 unspecified atom stereocenters. The van der Waals surface area contributed by atoms with E-state index in [0.717, 1.165) is 10.9 Å². The van der Waals surface area contributed by atoms with Gasteiger partial charge < -0.3 is 0 Å². The minimum absolute atomic E-state index is 1.04. The van der Waals surface area contributed by atoms with Crippen molar-refractivity contribution in [2.24, 2.45) is 0 Å². The highest BCUT2D eigenvalue weighted by atomic mass is 14.6. The molecule has 0 amide bonds. The molecule has 0 N–H and O–H groups in total. The predicted molar refractivity (Wildman–Crippen MR) is 206 cm³/mol. The maximum Gasteiger partial charge on any atom is 0.0786 e. The smallest absolute Gasteiger partial charge is 0.0786 e. The van der Waals surface area contributed by atoms with Gasteiger partial charge in [0.05, 0.1) is 5.52 Å². The third-order valence-electron chi connectivity index (χ3n) is 10.1. The molecular formula is C47H29N. The van der Waals surface area contributed by atoms with Crippen LogP contribution >= 0.6 is 0 Å². The molecule has 0 bridgehead atoms. The van der Waals surface area contributed by atoms with E-state index in [1.54, 1.807) is 0 Å². The first-order valence-electron chi connectivity index (χ1n) is 16.5. The highest BCUT2D eigenvalue weighted by Crippen LogP contribution is 2.48. The monoisotopic (exact) mass is 607 g/mol. The Morgan fingerprint density at radius 1 is 0.292 bits per heavy atom. The molecule has 48 heavy (non-hydrogen) atoms. The van der Waals surface area contributed by atoms with E-state index in [0.29, 0.717) is 0 Å². The van der Waals surface area contributed by atoms with Crippen molar-refractivity contribution in [3.8, 4) is 33.4 Å². The Morgan fingerprint density at radius 3 is 1.46 bits per heavy atom. The zero-order valence-electron chi connectivity index (χ0n) is 26.2. The lowest BCUT2D eigenvalue weighted by Crippen LogP contribution is -1.93. The van der Waals surface area contributed by atoms with Gasteiger partial charge in [0.1, 0.15) is 0 Å². The number of hydrogen-bond acceptors (Lipinski definition) is 1. The summed E-state index contributed by atoms with van der Waals surface area (Å²) in [7, 11) is 0. The fraction of sp³-hybridized carbons (Fsp3) is 0. The first kappa shape index (κ1) is 26.9. The van der Waals surface area contributed by atoms with Crippen molar-refractivity contribution in [1.29, 1.82) is 0 Å². The molecule has 0 spiro atoms. The molecular weight excluding hydrogens is 579 g/mol. The number of nitrogens with zero attached hydrogens (tertiary/aromatic N) is 1. The van der Waals surface area contributed by atoms with Crippen LogP contribution in [0.5, 0.6) is 0 Å². The normalized spacial score (nSPS) is 11.8. The van der Waals surface area contributed by atoms with E-state index in [1.165, 1.54) is 87.2 Å². The summed E-state index contributed by atoms with van der Waals surface area (Å²) in [4.78, 5) is 4.88. The Bertz CT molecular complexity index is 2890. The molecule has 10 rings (SSSR count). The Balaban J connectivity index is 1.39. The SMILES string of the molecule is c1ccc2c(-c3c4ccccc4c(-c4cccc5ccccc45)c4cc(-c5cc6ccccc6c6ncccc56)ccc34)cccc2c1. The van der Waals surface area contributed by atoms with Gasteiger partial charge in [-0.05, 0) is 100 Å². The molecule has 0 atom stereocenters. The third kappa shape index (κ3) is 4.01. The summed E-state index contributed by atoms with van der Waals surface area (Å²) in [5.41, 5.74) is 8.47. The average Bonchev–Trinajstić information content (AvgIpc) is 3.16. The van der Waals surface area contributed by atoms with Crippen molar-refractivity contribution in [3.63, 3.8) is 0 Å². The topological polar surface area (TPSA) is 12.9 Å². The second kappa shape index (κ2) is 10.6. The largest absolute Gasteiger partial charge is 0.256 e. The number of hydrogen-bond donors (Lipinski definition) is 0. The van der Waals surface area contributed by atoms with E-state index in [1.807, 2.05) is 6.20 Å². The summed E-state index contributed by atoms with van der Waals surface area (Å²) >= 11 is 0. The van der Waals surface area contributed by atoms with Crippen LogP contribution in [0, 0.1) is 0 Å². The van der Waals surface area contributed by atoms with Gasteiger partial charge in [-0.3, -0.25) is 4.98 Å². The maximum absolute atomic E-state index is 4.88. The Morgan fingerprint density at radius 2 is 0.792 bits per heavy atom. The molecule has 222 valence electrons. The number of rotatable bonds is 3. The van der Waals surface area contributed by atoms with Crippen LogP contribution in [-0.2, 0) is 0 Å². The van der Waals surface area contributed by atoms with E-state index in [9.17, 15) is 0 Å². The van der Waals surface area contributed by atoms with E-state index in [4.69, 9.17) is 4.98 Å². The van der Waals surface area contributed by atoms with Crippen molar-refractivity contribution < 1.29 is 0 Å². The Hall–Kier alpha value is -6.31. The first-order chi connectivity index (χ1) is 23.8. The summed E-state index contributed by atoms with van der Waals surface area (Å²) in [6.07, 6.45) is 1.90. The van der Waals surface area contributed by atoms with Crippen LogP contribution in [0.1, 0.15) is 0 Å². The Kier molecular flexibility index (Phi) is 5.94. The molecule has 0 saturated heterocycles. The van der Waals surface area contributed by atoms with Gasteiger partial charge in [0.2, 0.25) is 0 Å². The number of aromatic nitrogens is 1. The average molecular weight is 608 g/mol. The lowest BCUT2D eigenvalue weighted by atomic mass is 9.82. The molecule has 0 saturated carbocycles. The maximum atomic E-state index is 4.88. The van der Waals surface area contributed by atoms with Gasteiger partial charge in [-0.2, -0.15) is 0 Å². The van der Waals surface area contributed by atoms with Crippen LogP contribution in [0.2, 0.25) is 0 Å². The van der Waals surface area contributed by atoms with Crippen LogP contribution in [-0.4, -0.2) is 4.98 Å². The molecule has 0 aliphatic rings. The summed E-state index contributed by atoms with van der Waals surface area (Å²) in [6.45, 7) is 0. The molecule has 9 aromatic carbocycles. The van der Waals surface area contributed by atoms with Gasteiger partial charge in [0.15, 0.2) is 0 Å². The van der Waals surface area contributed by atoms with Gasteiger partial charge in [-0.15, -0.1) is 0 Å². The van der Waals surface area contributed by atoms with Crippen molar-refractivity contribution >= 4 is 64.8 Å². The molecule has 0 fully saturated rings. The molecule has 0 aliphatic heterocycles. The molecule has 0 radical (unpaired) electrons. The van der Waals surface area contributed by atoms with Crippen LogP contribution in [0.25, 0.3) is 98.1 Å². The molecule has 1 heteroatoms. The molecule has 0 aliphatic carbocycles. The number of pyridine rings is 1. The lowest BCUT2D eigenvalue weighted by molar-refractivity contribution is 1.43. The van der Waals surface area contributed by atoms with Crippen molar-refractivity contribution in [2.45, 2.75) is 0 Å². The summed E-state index contributed by atoms with van der Waals surface area (Å²) in [5, 5.41) is 13.6. The number of fused-ring (bicyclic) bond motifs is 7. The molecule has 1 heterocycles. The zero-order valence-corrected chi connectivity index (χ0v) is 26.2. The van der Waals surface area contributed by atoms with Crippen molar-refractivity contribution in [2.75, 3.05) is 0 Å². The molecule has 10 aromatic rings. The fourth-order valence-corrected chi connectivity index (χ4v) is 7.96. The minimum Gasteiger partial charge on any atom is -0.256 e. The van der Waals surface area contributed by atoms with Gasteiger partial charge >= 0.3 is 0 Å². The van der Waals surface area contributed by atoms with Crippen molar-refractivity contribution in [3.05, 3.63) is 176 Å². The summed E-state index contributed by atoms with van der Waals surface area (Å²) < 4.78 is 0.